The van der Waals surface area contributed by atoms with E-state index < -0.39 is 0 Å². The Labute approximate surface area is 124 Å². The first kappa shape index (κ1) is 16.6. The second-order valence-electron chi connectivity index (χ2n) is 4.33. The van der Waals surface area contributed by atoms with E-state index in [0.717, 1.165) is 17.4 Å². The molecule has 1 rings (SSSR count). The lowest BCUT2D eigenvalue weighted by atomic mass is 10.1. The predicted octanol–water partition coefficient (Wildman–Crippen LogP) is 3.89. The van der Waals surface area contributed by atoms with Crippen LogP contribution >= 0.6 is 15.9 Å². The van der Waals surface area contributed by atoms with Gasteiger partial charge < -0.3 is 14.8 Å². The zero-order valence-corrected chi connectivity index (χ0v) is 13.6. The Balaban J connectivity index is 2.37. The van der Waals surface area contributed by atoms with Crippen molar-refractivity contribution in [3.05, 3.63) is 34.3 Å². The molecular weight excluding hydrogens is 306 g/mol. The monoisotopic (exact) mass is 329 g/mol. The SMILES string of the molecule is CCOC(CCN[C@@H](C)c1ccccc1Br)OCC. The Morgan fingerprint density at radius 1 is 1.16 bits per heavy atom. The van der Waals surface area contributed by atoms with E-state index >= 15 is 0 Å². The number of nitrogens with one attached hydrogen (secondary N) is 1. The molecule has 1 aromatic rings. The molecule has 0 saturated heterocycles. The Kier molecular flexibility index (Phi) is 8.30. The average molecular weight is 330 g/mol. The van der Waals surface area contributed by atoms with Gasteiger partial charge in [-0.15, -0.1) is 0 Å². The molecule has 0 amide bonds. The van der Waals surface area contributed by atoms with Crippen molar-refractivity contribution in [2.75, 3.05) is 19.8 Å². The zero-order valence-electron chi connectivity index (χ0n) is 12.0. The Hall–Kier alpha value is -0.420. The van der Waals surface area contributed by atoms with Crippen LogP contribution in [0.25, 0.3) is 0 Å². The molecule has 108 valence electrons. The maximum atomic E-state index is 5.52. The summed E-state index contributed by atoms with van der Waals surface area (Å²) in [6, 6.07) is 8.59. The summed E-state index contributed by atoms with van der Waals surface area (Å²) in [7, 11) is 0. The van der Waals surface area contributed by atoms with E-state index in [1.807, 2.05) is 19.9 Å². The summed E-state index contributed by atoms with van der Waals surface area (Å²) >= 11 is 3.58. The largest absolute Gasteiger partial charge is 0.353 e. The normalized spacial score (nSPS) is 12.9. The average Bonchev–Trinajstić information content (AvgIpc) is 2.39. The lowest BCUT2D eigenvalue weighted by Gasteiger charge is -2.20. The maximum Gasteiger partial charge on any atom is 0.158 e. The quantitative estimate of drug-likeness (QED) is 0.697. The molecule has 0 fully saturated rings. The van der Waals surface area contributed by atoms with E-state index in [-0.39, 0.29) is 6.29 Å². The van der Waals surface area contributed by atoms with Gasteiger partial charge in [-0.2, -0.15) is 0 Å². The number of rotatable bonds is 9. The molecule has 0 aliphatic heterocycles. The number of halogens is 1. The highest BCUT2D eigenvalue weighted by atomic mass is 79.9. The molecule has 0 aromatic heterocycles. The minimum absolute atomic E-state index is 0.103. The summed E-state index contributed by atoms with van der Waals surface area (Å²) in [5.41, 5.74) is 1.27. The van der Waals surface area contributed by atoms with Crippen molar-refractivity contribution in [1.29, 1.82) is 0 Å². The molecule has 0 unspecified atom stereocenters. The van der Waals surface area contributed by atoms with Gasteiger partial charge in [0.2, 0.25) is 0 Å². The third-order valence-corrected chi connectivity index (χ3v) is 3.63. The smallest absolute Gasteiger partial charge is 0.158 e. The number of hydrogen-bond donors (Lipinski definition) is 1. The standard InChI is InChI=1S/C15H24BrNO2/c1-4-18-15(19-5-2)10-11-17-12(3)13-8-6-7-9-14(13)16/h6-9,12,15,17H,4-5,10-11H2,1-3H3/t12-/m0/s1. The van der Waals surface area contributed by atoms with Crippen LogP contribution in [0.1, 0.15) is 38.8 Å². The predicted molar refractivity (Wildman–Crippen MR) is 82.2 cm³/mol. The van der Waals surface area contributed by atoms with E-state index in [0.29, 0.717) is 19.3 Å². The summed E-state index contributed by atoms with van der Waals surface area (Å²) in [5, 5.41) is 3.50. The van der Waals surface area contributed by atoms with Crippen LogP contribution in [0.4, 0.5) is 0 Å². The van der Waals surface area contributed by atoms with Crippen molar-refractivity contribution in [3.8, 4) is 0 Å². The third kappa shape index (κ3) is 6.04. The topological polar surface area (TPSA) is 30.5 Å². The molecular formula is C15H24BrNO2. The first-order valence-electron chi connectivity index (χ1n) is 6.90. The highest BCUT2D eigenvalue weighted by molar-refractivity contribution is 9.10. The number of ether oxygens (including phenoxy) is 2. The lowest BCUT2D eigenvalue weighted by Crippen LogP contribution is -2.26. The van der Waals surface area contributed by atoms with Gasteiger partial charge in [0.15, 0.2) is 6.29 Å². The van der Waals surface area contributed by atoms with Crippen LogP contribution in [-0.2, 0) is 9.47 Å². The fraction of sp³-hybridized carbons (Fsp3) is 0.600. The van der Waals surface area contributed by atoms with Crippen LogP contribution in [0, 0.1) is 0 Å². The maximum absolute atomic E-state index is 5.52. The number of hydrogen-bond acceptors (Lipinski definition) is 3. The van der Waals surface area contributed by atoms with E-state index in [9.17, 15) is 0 Å². The summed E-state index contributed by atoms with van der Waals surface area (Å²) in [4.78, 5) is 0. The summed E-state index contributed by atoms with van der Waals surface area (Å²) in [6.45, 7) is 8.38. The van der Waals surface area contributed by atoms with Gasteiger partial charge in [0.1, 0.15) is 0 Å². The van der Waals surface area contributed by atoms with E-state index in [1.165, 1.54) is 5.56 Å². The minimum atomic E-state index is -0.103. The van der Waals surface area contributed by atoms with Crippen molar-refractivity contribution in [2.45, 2.75) is 39.5 Å². The molecule has 0 bridgehead atoms. The fourth-order valence-corrected chi connectivity index (χ4v) is 2.57. The van der Waals surface area contributed by atoms with Crippen LogP contribution in [0.15, 0.2) is 28.7 Å². The second-order valence-corrected chi connectivity index (χ2v) is 5.18. The molecule has 0 aliphatic rings. The lowest BCUT2D eigenvalue weighted by molar-refractivity contribution is -0.138. The molecule has 1 N–H and O–H groups in total. The van der Waals surface area contributed by atoms with Gasteiger partial charge in [-0.3, -0.25) is 0 Å². The van der Waals surface area contributed by atoms with Gasteiger partial charge >= 0.3 is 0 Å². The van der Waals surface area contributed by atoms with E-state index in [4.69, 9.17) is 9.47 Å². The molecule has 0 radical (unpaired) electrons. The fourth-order valence-electron chi connectivity index (χ4n) is 1.94. The molecule has 1 aromatic carbocycles. The molecule has 19 heavy (non-hydrogen) atoms. The zero-order chi connectivity index (χ0) is 14.1. The highest BCUT2D eigenvalue weighted by Crippen LogP contribution is 2.22. The molecule has 0 heterocycles. The van der Waals surface area contributed by atoms with Crippen LogP contribution in [0.2, 0.25) is 0 Å². The molecule has 0 spiro atoms. The van der Waals surface area contributed by atoms with Crippen LogP contribution in [-0.4, -0.2) is 26.0 Å². The van der Waals surface area contributed by atoms with Gasteiger partial charge in [-0.25, -0.2) is 0 Å². The van der Waals surface area contributed by atoms with Crippen LogP contribution < -0.4 is 5.32 Å². The van der Waals surface area contributed by atoms with Crippen LogP contribution in [0.3, 0.4) is 0 Å². The Bertz CT molecular complexity index is 354. The van der Waals surface area contributed by atoms with Gasteiger partial charge in [0, 0.05) is 36.7 Å². The van der Waals surface area contributed by atoms with Gasteiger partial charge in [-0.1, -0.05) is 34.1 Å². The Morgan fingerprint density at radius 2 is 1.79 bits per heavy atom. The molecule has 3 nitrogen and oxygen atoms in total. The second kappa shape index (κ2) is 9.48. The Morgan fingerprint density at radius 3 is 2.37 bits per heavy atom. The van der Waals surface area contributed by atoms with Crippen molar-refractivity contribution in [2.24, 2.45) is 0 Å². The van der Waals surface area contributed by atoms with Crippen molar-refractivity contribution in [1.82, 2.24) is 5.32 Å². The molecule has 1 atom stereocenters. The van der Waals surface area contributed by atoms with Gasteiger partial charge in [0.25, 0.3) is 0 Å². The number of benzene rings is 1. The minimum Gasteiger partial charge on any atom is -0.353 e. The van der Waals surface area contributed by atoms with Crippen molar-refractivity contribution >= 4 is 15.9 Å². The van der Waals surface area contributed by atoms with Crippen molar-refractivity contribution in [3.63, 3.8) is 0 Å². The summed E-state index contributed by atoms with van der Waals surface area (Å²) in [5.74, 6) is 0. The molecule has 4 heteroatoms. The van der Waals surface area contributed by atoms with Crippen LogP contribution in [0.5, 0.6) is 0 Å². The van der Waals surface area contributed by atoms with E-state index in [2.05, 4.69) is 46.4 Å². The summed E-state index contributed by atoms with van der Waals surface area (Å²) in [6.07, 6.45) is 0.755. The third-order valence-electron chi connectivity index (χ3n) is 2.91. The first-order valence-corrected chi connectivity index (χ1v) is 7.69. The molecule has 0 aliphatic carbocycles. The summed E-state index contributed by atoms with van der Waals surface area (Å²) < 4.78 is 12.2. The first-order chi connectivity index (χ1) is 9.19. The van der Waals surface area contributed by atoms with E-state index in [1.54, 1.807) is 0 Å². The van der Waals surface area contributed by atoms with Gasteiger partial charge in [-0.05, 0) is 32.4 Å². The van der Waals surface area contributed by atoms with Gasteiger partial charge in [0.05, 0.1) is 0 Å². The molecule has 0 saturated carbocycles. The van der Waals surface area contributed by atoms with Crippen molar-refractivity contribution < 1.29 is 9.47 Å². The highest BCUT2D eigenvalue weighted by Gasteiger charge is 2.11.